The summed E-state index contributed by atoms with van der Waals surface area (Å²) >= 11 is 6.35. The number of rotatable bonds is 6. The van der Waals surface area contributed by atoms with E-state index in [9.17, 15) is 22.8 Å². The van der Waals surface area contributed by atoms with Gasteiger partial charge < -0.3 is 5.32 Å². The summed E-state index contributed by atoms with van der Waals surface area (Å²) in [4.78, 5) is 31.1. The van der Waals surface area contributed by atoms with Crippen LogP contribution in [0.15, 0.2) is 36.7 Å². The van der Waals surface area contributed by atoms with E-state index in [1.807, 2.05) is 24.3 Å². The van der Waals surface area contributed by atoms with Gasteiger partial charge in [-0.25, -0.2) is 9.97 Å². The molecule has 0 bridgehead atoms. The van der Waals surface area contributed by atoms with Crippen LogP contribution in [-0.2, 0) is 16.6 Å². The lowest BCUT2D eigenvalue weighted by Gasteiger charge is -2.42. The van der Waals surface area contributed by atoms with Crippen LogP contribution in [0.5, 0.6) is 0 Å². The molecule has 28 heavy (non-hydrogen) atoms. The molecule has 1 aromatic carbocycles. The van der Waals surface area contributed by atoms with Crippen molar-refractivity contribution in [2.24, 2.45) is 0 Å². The average molecular weight is 412 g/mol. The number of carbonyl (C=O) groups excluding carboxylic acids is 2. The number of nitrogens with one attached hydrogen (secondary N) is 1. The van der Waals surface area contributed by atoms with Crippen molar-refractivity contribution in [1.29, 1.82) is 0 Å². The van der Waals surface area contributed by atoms with Gasteiger partial charge in [-0.15, -0.1) is 0 Å². The van der Waals surface area contributed by atoms with Gasteiger partial charge in [-0.2, -0.15) is 13.2 Å². The molecule has 1 heterocycles. The average Bonchev–Trinajstić information content (AvgIpc) is 2.63. The van der Waals surface area contributed by atoms with E-state index in [0.29, 0.717) is 17.3 Å². The third-order valence-electron chi connectivity index (χ3n) is 4.95. The Morgan fingerprint density at radius 1 is 1.14 bits per heavy atom. The predicted molar refractivity (Wildman–Crippen MR) is 96.1 cm³/mol. The number of ketones is 1. The Bertz CT molecular complexity index is 881. The number of benzene rings is 1. The van der Waals surface area contributed by atoms with Gasteiger partial charge in [-0.05, 0) is 24.5 Å². The fourth-order valence-corrected chi connectivity index (χ4v) is 3.63. The van der Waals surface area contributed by atoms with Gasteiger partial charge in [0.2, 0.25) is 0 Å². The van der Waals surface area contributed by atoms with Crippen molar-refractivity contribution < 1.29 is 22.8 Å². The van der Waals surface area contributed by atoms with Crippen LogP contribution in [0.2, 0.25) is 5.02 Å². The van der Waals surface area contributed by atoms with Gasteiger partial charge in [0.25, 0.3) is 0 Å². The van der Waals surface area contributed by atoms with Crippen LogP contribution in [0.25, 0.3) is 0 Å². The molecule has 0 spiro atoms. The lowest BCUT2D eigenvalue weighted by molar-refractivity contribution is -0.173. The van der Waals surface area contributed by atoms with Gasteiger partial charge in [-0.3, -0.25) is 9.59 Å². The predicted octanol–water partition coefficient (Wildman–Crippen LogP) is 3.66. The molecule has 5 nitrogen and oxygen atoms in total. The van der Waals surface area contributed by atoms with Gasteiger partial charge in [0.05, 0.1) is 12.1 Å². The first-order chi connectivity index (χ1) is 13.2. The molecule has 1 N–H and O–H groups in total. The molecule has 3 rings (SSSR count). The van der Waals surface area contributed by atoms with Crippen molar-refractivity contribution >= 4 is 23.3 Å². The van der Waals surface area contributed by atoms with Gasteiger partial charge in [0, 0.05) is 29.3 Å². The first-order valence-electron chi connectivity index (χ1n) is 8.65. The largest absolute Gasteiger partial charge is 0.471 e. The number of nitrogens with zero attached hydrogens (tertiary/aromatic N) is 2. The van der Waals surface area contributed by atoms with Crippen LogP contribution >= 0.6 is 11.6 Å². The zero-order chi connectivity index (χ0) is 20.4. The van der Waals surface area contributed by atoms with E-state index >= 15 is 0 Å². The molecule has 9 heteroatoms. The number of halogens is 4. The monoisotopic (exact) mass is 411 g/mol. The smallest absolute Gasteiger partial charge is 0.341 e. The Morgan fingerprint density at radius 3 is 2.32 bits per heavy atom. The lowest BCUT2D eigenvalue weighted by Crippen LogP contribution is -2.39. The molecule has 1 fully saturated rings. The van der Waals surface area contributed by atoms with Crippen LogP contribution in [0, 0.1) is 0 Å². The minimum Gasteiger partial charge on any atom is -0.341 e. The SMILES string of the molecule is O=C(CNC(=O)C(F)(F)F)c1cnc(CC2(c3ccccc3Cl)CCC2)nc1. The van der Waals surface area contributed by atoms with Crippen molar-refractivity contribution in [2.45, 2.75) is 37.3 Å². The topological polar surface area (TPSA) is 72.0 Å². The lowest BCUT2D eigenvalue weighted by atomic mass is 9.62. The van der Waals surface area contributed by atoms with Crippen molar-refractivity contribution in [3.8, 4) is 0 Å². The molecule has 1 amide bonds. The molecule has 1 aromatic heterocycles. The Balaban J connectivity index is 1.67. The van der Waals surface area contributed by atoms with Crippen LogP contribution in [0.3, 0.4) is 0 Å². The van der Waals surface area contributed by atoms with E-state index in [2.05, 4.69) is 9.97 Å². The van der Waals surface area contributed by atoms with Gasteiger partial charge in [0.15, 0.2) is 5.78 Å². The molecule has 0 aliphatic heterocycles. The van der Waals surface area contributed by atoms with Crippen molar-refractivity contribution in [3.63, 3.8) is 0 Å². The Hall–Kier alpha value is -2.48. The van der Waals surface area contributed by atoms with E-state index in [1.165, 1.54) is 17.7 Å². The van der Waals surface area contributed by atoms with E-state index in [0.717, 1.165) is 24.8 Å². The molecular weight excluding hydrogens is 395 g/mol. The summed E-state index contributed by atoms with van der Waals surface area (Å²) in [5, 5.41) is 2.23. The zero-order valence-electron chi connectivity index (χ0n) is 14.7. The summed E-state index contributed by atoms with van der Waals surface area (Å²) in [5.41, 5.74) is 0.929. The highest BCUT2D eigenvalue weighted by Gasteiger charge is 2.41. The molecule has 148 valence electrons. The maximum absolute atomic E-state index is 12.2. The Morgan fingerprint density at radius 2 is 1.79 bits per heavy atom. The Kier molecular flexibility index (Phi) is 5.69. The summed E-state index contributed by atoms with van der Waals surface area (Å²) in [5.74, 6) is -2.34. The summed E-state index contributed by atoms with van der Waals surface area (Å²) in [6.45, 7) is -0.773. The second-order valence-corrected chi connectivity index (χ2v) is 7.19. The quantitative estimate of drug-likeness (QED) is 0.736. The highest BCUT2D eigenvalue weighted by molar-refractivity contribution is 6.31. The molecule has 2 aromatic rings. The maximum atomic E-state index is 12.2. The normalized spacial score (nSPS) is 15.6. The first-order valence-corrected chi connectivity index (χ1v) is 9.03. The van der Waals surface area contributed by atoms with Gasteiger partial charge >= 0.3 is 12.1 Å². The number of alkyl halides is 3. The second kappa shape index (κ2) is 7.87. The summed E-state index contributed by atoms with van der Waals surface area (Å²) in [6, 6.07) is 7.63. The fourth-order valence-electron chi connectivity index (χ4n) is 3.29. The van der Waals surface area contributed by atoms with E-state index in [-0.39, 0.29) is 11.0 Å². The number of aromatic nitrogens is 2. The molecular formula is C19H17ClF3N3O2. The molecule has 1 aliphatic carbocycles. The third-order valence-corrected chi connectivity index (χ3v) is 5.28. The zero-order valence-corrected chi connectivity index (χ0v) is 15.5. The van der Waals surface area contributed by atoms with E-state index in [4.69, 9.17) is 11.6 Å². The summed E-state index contributed by atoms with van der Waals surface area (Å²) in [6.07, 6.45) is 1.02. The molecule has 0 radical (unpaired) electrons. The molecule has 0 saturated heterocycles. The number of hydrogen-bond donors (Lipinski definition) is 1. The van der Waals surface area contributed by atoms with Crippen molar-refractivity contribution in [2.75, 3.05) is 6.54 Å². The fraction of sp³-hybridized carbons (Fsp3) is 0.368. The van der Waals surface area contributed by atoms with Crippen molar-refractivity contribution in [3.05, 3.63) is 58.6 Å². The molecule has 1 saturated carbocycles. The summed E-state index contributed by atoms with van der Waals surface area (Å²) < 4.78 is 36.5. The highest BCUT2D eigenvalue weighted by Crippen LogP contribution is 2.47. The maximum Gasteiger partial charge on any atom is 0.471 e. The first kappa shape index (κ1) is 20.3. The minimum atomic E-state index is -5.03. The van der Waals surface area contributed by atoms with Crippen LogP contribution < -0.4 is 5.32 Å². The number of amides is 1. The molecule has 1 aliphatic rings. The van der Waals surface area contributed by atoms with Crippen LogP contribution in [0.1, 0.15) is 41.0 Å². The summed E-state index contributed by atoms with van der Waals surface area (Å²) in [7, 11) is 0. The highest BCUT2D eigenvalue weighted by atomic mass is 35.5. The van der Waals surface area contributed by atoms with Gasteiger partial charge in [0.1, 0.15) is 5.82 Å². The third kappa shape index (κ3) is 4.32. The number of carbonyl (C=O) groups is 2. The minimum absolute atomic E-state index is 0.0339. The molecule has 0 unspecified atom stereocenters. The number of Topliss-reactive ketones (excluding diaryl/α,β-unsaturated/α-hetero) is 1. The standard InChI is InChI=1S/C19H17ClF3N3O2/c20-14-5-2-1-4-13(14)18(6-3-7-18)8-16-24-9-12(10-25-16)15(27)11-26-17(28)19(21,22)23/h1-2,4-5,9-10H,3,6-8,11H2,(H,26,28). The van der Waals surface area contributed by atoms with Gasteiger partial charge in [-0.1, -0.05) is 36.2 Å². The van der Waals surface area contributed by atoms with E-state index in [1.54, 1.807) is 0 Å². The number of hydrogen-bond acceptors (Lipinski definition) is 4. The van der Waals surface area contributed by atoms with Crippen LogP contribution in [-0.4, -0.2) is 34.4 Å². The molecule has 0 atom stereocenters. The van der Waals surface area contributed by atoms with Crippen molar-refractivity contribution in [1.82, 2.24) is 15.3 Å². The van der Waals surface area contributed by atoms with Crippen LogP contribution in [0.4, 0.5) is 13.2 Å². The second-order valence-electron chi connectivity index (χ2n) is 6.78. The Labute approximate surface area is 164 Å². The van der Waals surface area contributed by atoms with E-state index < -0.39 is 24.4 Å².